The van der Waals surface area contributed by atoms with Gasteiger partial charge in [0, 0.05) is 31.2 Å². The van der Waals surface area contributed by atoms with Crippen molar-refractivity contribution < 1.29 is 23.7 Å². The zero-order chi connectivity index (χ0) is 20.5. The molecule has 2 aromatic carbocycles. The Bertz CT molecular complexity index is 787. The molecule has 0 fully saturated rings. The summed E-state index contributed by atoms with van der Waals surface area (Å²) in [6.45, 7) is 7.86. The molecule has 0 saturated carbocycles. The minimum absolute atomic E-state index is 0. The number of hydrogen-bond acceptors (Lipinski definition) is 5. The quantitative estimate of drug-likeness (QED) is 0.322. The molecule has 29 heavy (non-hydrogen) atoms. The summed E-state index contributed by atoms with van der Waals surface area (Å²) in [7, 11) is 3.23. The van der Waals surface area contributed by atoms with Crippen molar-refractivity contribution in [2.75, 3.05) is 40.6 Å². The molecule has 0 heterocycles. The zero-order valence-electron chi connectivity index (χ0n) is 17.3. The number of carbonyl (C=O) groups is 1. The number of rotatable bonds is 11. The summed E-state index contributed by atoms with van der Waals surface area (Å²) < 4.78 is 21.6. The van der Waals surface area contributed by atoms with E-state index in [1.54, 1.807) is 14.2 Å². The van der Waals surface area contributed by atoms with E-state index in [1.807, 2.05) is 51.1 Å². The second-order valence-electron chi connectivity index (χ2n) is 6.57. The first-order valence-corrected chi connectivity index (χ1v) is 10.2. The molecule has 0 bridgehead atoms. The third-order valence-corrected chi connectivity index (χ3v) is 5.37. The normalized spacial score (nSPS) is 10.8. The van der Waals surface area contributed by atoms with Crippen molar-refractivity contribution in [1.82, 2.24) is 0 Å². The number of aryl methyl sites for hydroxylation is 3. The first-order chi connectivity index (χ1) is 13.5. The first-order valence-electron chi connectivity index (χ1n) is 9.23. The third-order valence-electron chi connectivity index (χ3n) is 4.21. The summed E-state index contributed by atoms with van der Waals surface area (Å²) in [6, 6.07) is 9.69. The average Bonchev–Trinajstić information content (AvgIpc) is 2.63. The van der Waals surface area contributed by atoms with Crippen LogP contribution in [0.4, 0.5) is 0 Å². The molecule has 0 radical (unpaired) electrons. The van der Waals surface area contributed by atoms with Crippen molar-refractivity contribution in [1.29, 1.82) is 0 Å². The molecule has 0 saturated heterocycles. The molecule has 0 N–H and O–H groups in total. The summed E-state index contributed by atoms with van der Waals surface area (Å²) in [5.74, 6) is 1.34. The van der Waals surface area contributed by atoms with E-state index in [2.05, 4.69) is 0 Å². The van der Waals surface area contributed by atoms with Gasteiger partial charge in [-0.2, -0.15) is 0 Å². The number of carbonyl (C=O) groups excluding carboxylic acids is 1. The van der Waals surface area contributed by atoms with E-state index >= 15 is 0 Å². The van der Waals surface area contributed by atoms with Crippen LogP contribution in [0.15, 0.2) is 30.3 Å². The first kappa shape index (κ1) is 25.7. The maximum atomic E-state index is 13.0. The van der Waals surface area contributed by atoms with E-state index < -0.39 is 0 Å². The molecule has 0 aliphatic heterocycles. The fourth-order valence-electron chi connectivity index (χ4n) is 3.02. The van der Waals surface area contributed by atoms with Crippen LogP contribution in [0, 0.1) is 20.8 Å². The SMILES string of the molecule is COCCOc1ccc(PC(=O)c2c(C)cc(C)cc2C)c(OCCOC)c1.[LiH]. The van der Waals surface area contributed by atoms with Gasteiger partial charge in [0.1, 0.15) is 24.7 Å². The molecule has 5 nitrogen and oxygen atoms in total. The Morgan fingerprint density at radius 1 is 0.862 bits per heavy atom. The van der Waals surface area contributed by atoms with Gasteiger partial charge in [-0.15, -0.1) is 0 Å². The van der Waals surface area contributed by atoms with Gasteiger partial charge in [0.2, 0.25) is 0 Å². The van der Waals surface area contributed by atoms with Crippen LogP contribution in [-0.4, -0.2) is 65.0 Å². The Morgan fingerprint density at radius 3 is 2.03 bits per heavy atom. The van der Waals surface area contributed by atoms with Crippen molar-refractivity contribution in [2.45, 2.75) is 20.8 Å². The summed E-state index contributed by atoms with van der Waals surface area (Å²) in [4.78, 5) is 13.0. The maximum absolute atomic E-state index is 13.0. The van der Waals surface area contributed by atoms with Crippen LogP contribution in [0.25, 0.3) is 0 Å². The molecule has 0 aromatic heterocycles. The van der Waals surface area contributed by atoms with Crippen molar-refractivity contribution in [3.8, 4) is 11.5 Å². The van der Waals surface area contributed by atoms with Gasteiger partial charge in [0.25, 0.3) is 0 Å². The Labute approximate surface area is 187 Å². The Hall–Kier alpha value is -1.34. The van der Waals surface area contributed by atoms with Gasteiger partial charge < -0.3 is 18.9 Å². The van der Waals surface area contributed by atoms with Crippen LogP contribution >= 0.6 is 8.58 Å². The van der Waals surface area contributed by atoms with Crippen LogP contribution in [-0.2, 0) is 9.47 Å². The Morgan fingerprint density at radius 2 is 1.45 bits per heavy atom. The van der Waals surface area contributed by atoms with Crippen LogP contribution in [0.2, 0.25) is 0 Å². The van der Waals surface area contributed by atoms with E-state index in [9.17, 15) is 4.79 Å². The van der Waals surface area contributed by atoms with E-state index in [-0.39, 0.29) is 33.0 Å². The van der Waals surface area contributed by atoms with Crippen LogP contribution in [0.1, 0.15) is 27.0 Å². The van der Waals surface area contributed by atoms with Gasteiger partial charge in [0.05, 0.1) is 13.2 Å². The summed E-state index contributed by atoms with van der Waals surface area (Å²) in [5, 5.41) is 0.861. The molecule has 0 aliphatic rings. The average molecular weight is 412 g/mol. The van der Waals surface area contributed by atoms with Crippen LogP contribution in [0.5, 0.6) is 11.5 Å². The molecule has 1 unspecified atom stereocenters. The fourth-order valence-corrected chi connectivity index (χ4v) is 4.21. The number of hydrogen-bond donors (Lipinski definition) is 0. The molecule has 0 aliphatic carbocycles. The number of methoxy groups -OCH3 is 2. The molecule has 7 heteroatoms. The van der Waals surface area contributed by atoms with E-state index in [1.165, 1.54) is 0 Å². The van der Waals surface area contributed by atoms with Crippen molar-refractivity contribution in [2.24, 2.45) is 0 Å². The molecule has 2 aromatic rings. The van der Waals surface area contributed by atoms with Gasteiger partial charge in [-0.1, -0.05) is 17.7 Å². The summed E-state index contributed by atoms with van der Waals surface area (Å²) >= 11 is 0. The van der Waals surface area contributed by atoms with Crippen molar-refractivity contribution in [3.63, 3.8) is 0 Å². The Balaban J connectivity index is 0.00000420. The second kappa shape index (κ2) is 13.1. The van der Waals surface area contributed by atoms with Gasteiger partial charge in [-0.05, 0) is 52.6 Å². The number of ether oxygens (including phenoxy) is 4. The fraction of sp³-hybridized carbons (Fsp3) is 0.409. The van der Waals surface area contributed by atoms with E-state index in [4.69, 9.17) is 18.9 Å². The zero-order valence-corrected chi connectivity index (χ0v) is 18.3. The summed E-state index contributed by atoms with van der Waals surface area (Å²) in [5.41, 5.74) is 4.09. The monoisotopic (exact) mass is 412 g/mol. The van der Waals surface area contributed by atoms with Crippen molar-refractivity contribution in [3.05, 3.63) is 52.6 Å². The van der Waals surface area contributed by atoms with Crippen LogP contribution in [0.3, 0.4) is 0 Å². The molecular formula is C22H30LiO5P. The topological polar surface area (TPSA) is 54.0 Å². The molecule has 2 rings (SSSR count). The predicted molar refractivity (Wildman–Crippen MR) is 121 cm³/mol. The second-order valence-corrected chi connectivity index (χ2v) is 7.81. The minimum atomic E-state index is -0.0302. The molecule has 154 valence electrons. The number of benzene rings is 2. The van der Waals surface area contributed by atoms with E-state index in [0.717, 1.165) is 27.6 Å². The van der Waals surface area contributed by atoms with Gasteiger partial charge in [-0.25, -0.2) is 0 Å². The summed E-state index contributed by atoms with van der Waals surface area (Å²) in [6.07, 6.45) is 0. The molecule has 0 spiro atoms. The predicted octanol–water partition coefficient (Wildman–Crippen LogP) is 3.16. The van der Waals surface area contributed by atoms with Gasteiger partial charge in [-0.3, -0.25) is 4.79 Å². The van der Waals surface area contributed by atoms with E-state index in [0.29, 0.717) is 37.9 Å². The standard InChI is InChI=1S/C22H29O5P.Li.H/c1-15-12-16(2)21(17(3)13-15)22(23)28-20-7-6-18(26-10-8-24-4)14-19(20)27-11-9-25-5;;/h6-7,12-14,28H,8-11H2,1-5H3;;. The Kier molecular flexibility index (Phi) is 11.6. The van der Waals surface area contributed by atoms with Crippen molar-refractivity contribution >= 4 is 38.3 Å². The van der Waals surface area contributed by atoms with Gasteiger partial charge >= 0.3 is 18.9 Å². The molecule has 0 amide bonds. The van der Waals surface area contributed by atoms with Gasteiger partial charge in [0.15, 0.2) is 5.52 Å². The van der Waals surface area contributed by atoms with Crippen LogP contribution < -0.4 is 14.8 Å². The molecule has 1 atom stereocenters. The third kappa shape index (κ3) is 7.77. The molecular weight excluding hydrogens is 382 g/mol.